The van der Waals surface area contributed by atoms with Gasteiger partial charge in [-0.3, -0.25) is 0 Å². The van der Waals surface area contributed by atoms with Gasteiger partial charge in [0.25, 0.3) is 0 Å². The van der Waals surface area contributed by atoms with Crippen molar-refractivity contribution in [3.8, 4) is 0 Å². The number of aromatic nitrogens is 3. The molecule has 4 nitrogen and oxygen atoms in total. The first-order valence-electron chi connectivity index (χ1n) is 6.53. The van der Waals surface area contributed by atoms with Gasteiger partial charge in [0.05, 0.1) is 0 Å². The van der Waals surface area contributed by atoms with Crippen molar-refractivity contribution in [2.45, 2.75) is 45.1 Å². The van der Waals surface area contributed by atoms with Crippen molar-refractivity contribution in [2.24, 2.45) is 0 Å². The predicted octanol–water partition coefficient (Wildman–Crippen LogP) is 1.42. The number of likely N-dealkylation sites (N-methyl/N-ethyl adjacent to an activating group) is 1. The number of hydrogen-bond acceptors (Lipinski definition) is 3. The Morgan fingerprint density at radius 3 is 3.00 bits per heavy atom. The van der Waals surface area contributed by atoms with Crippen molar-refractivity contribution in [1.82, 2.24) is 19.7 Å². The molecule has 0 aromatic carbocycles. The van der Waals surface area contributed by atoms with Crippen LogP contribution in [0, 0.1) is 0 Å². The minimum atomic E-state index is 0.582. The average Bonchev–Trinajstić information content (AvgIpc) is 2.95. The average molecular weight is 220 g/mol. The van der Waals surface area contributed by atoms with Gasteiger partial charge in [0, 0.05) is 25.4 Å². The summed E-state index contributed by atoms with van der Waals surface area (Å²) in [6.45, 7) is 6.83. The van der Waals surface area contributed by atoms with Gasteiger partial charge in [-0.15, -0.1) is 0 Å². The first kappa shape index (κ1) is 10.3. The lowest BCUT2D eigenvalue weighted by Gasteiger charge is -2.11. The van der Waals surface area contributed by atoms with Crippen molar-refractivity contribution >= 4 is 0 Å². The Hall–Kier alpha value is -0.900. The molecular weight excluding hydrogens is 200 g/mol. The summed E-state index contributed by atoms with van der Waals surface area (Å²) < 4.78 is 2.13. The zero-order chi connectivity index (χ0) is 11.0. The lowest BCUT2D eigenvalue weighted by molar-refractivity contribution is 0.352. The number of aryl methyl sites for hydroxylation is 2. The molecule has 1 atom stereocenters. The van der Waals surface area contributed by atoms with E-state index in [0.29, 0.717) is 5.92 Å². The molecule has 0 spiro atoms. The van der Waals surface area contributed by atoms with Crippen LogP contribution >= 0.6 is 0 Å². The molecule has 1 aromatic heterocycles. The van der Waals surface area contributed by atoms with Crippen LogP contribution in [0.5, 0.6) is 0 Å². The Morgan fingerprint density at radius 1 is 1.31 bits per heavy atom. The summed E-state index contributed by atoms with van der Waals surface area (Å²) >= 11 is 0. The maximum Gasteiger partial charge on any atom is 0.155 e. The van der Waals surface area contributed by atoms with Gasteiger partial charge >= 0.3 is 0 Å². The van der Waals surface area contributed by atoms with Crippen molar-refractivity contribution in [1.29, 1.82) is 0 Å². The molecule has 1 saturated heterocycles. The third-order valence-electron chi connectivity index (χ3n) is 3.87. The third-order valence-corrected chi connectivity index (χ3v) is 3.87. The number of fused-ring (bicyclic) bond motifs is 1. The number of hydrogen-bond donors (Lipinski definition) is 0. The molecule has 3 heterocycles. The number of nitrogens with zero attached hydrogens (tertiary/aromatic N) is 4. The monoisotopic (exact) mass is 220 g/mol. The summed E-state index contributed by atoms with van der Waals surface area (Å²) in [5, 5.41) is 4.68. The number of rotatable bonds is 2. The lowest BCUT2D eigenvalue weighted by atomic mass is 10.1. The van der Waals surface area contributed by atoms with Gasteiger partial charge in [0.1, 0.15) is 5.82 Å². The van der Waals surface area contributed by atoms with Gasteiger partial charge in [0.15, 0.2) is 5.82 Å². The van der Waals surface area contributed by atoms with Crippen LogP contribution in [-0.2, 0) is 13.0 Å². The van der Waals surface area contributed by atoms with Crippen LogP contribution in [0.2, 0.25) is 0 Å². The first-order chi connectivity index (χ1) is 7.86. The Bertz CT molecular complexity index is 348. The van der Waals surface area contributed by atoms with Crippen molar-refractivity contribution in [3.05, 3.63) is 11.6 Å². The van der Waals surface area contributed by atoms with E-state index in [2.05, 4.69) is 21.6 Å². The van der Waals surface area contributed by atoms with E-state index in [-0.39, 0.29) is 0 Å². The standard InChI is InChI=1S/C12H20N4/c1-2-15-8-6-10(9-15)12-13-11-5-3-4-7-16(11)14-12/h10H,2-9H2,1H3. The molecule has 4 heteroatoms. The highest BCUT2D eigenvalue weighted by Crippen LogP contribution is 2.25. The molecule has 1 unspecified atom stereocenters. The minimum Gasteiger partial charge on any atom is -0.303 e. The molecule has 1 fully saturated rings. The molecule has 0 bridgehead atoms. The molecule has 0 N–H and O–H groups in total. The van der Waals surface area contributed by atoms with E-state index < -0.39 is 0 Å². The van der Waals surface area contributed by atoms with Gasteiger partial charge in [-0.05, 0) is 32.4 Å². The van der Waals surface area contributed by atoms with E-state index in [4.69, 9.17) is 4.98 Å². The van der Waals surface area contributed by atoms with Crippen LogP contribution < -0.4 is 0 Å². The van der Waals surface area contributed by atoms with Crippen LogP contribution in [0.4, 0.5) is 0 Å². The summed E-state index contributed by atoms with van der Waals surface area (Å²) in [5.41, 5.74) is 0. The molecule has 2 aliphatic rings. The van der Waals surface area contributed by atoms with Crippen LogP contribution in [-0.4, -0.2) is 39.3 Å². The zero-order valence-corrected chi connectivity index (χ0v) is 10.0. The Morgan fingerprint density at radius 2 is 2.25 bits per heavy atom. The van der Waals surface area contributed by atoms with E-state index >= 15 is 0 Å². The fourth-order valence-corrected chi connectivity index (χ4v) is 2.81. The molecule has 0 radical (unpaired) electrons. The third kappa shape index (κ3) is 1.75. The normalized spacial score (nSPS) is 25.9. The zero-order valence-electron chi connectivity index (χ0n) is 10.0. The van der Waals surface area contributed by atoms with Crippen molar-refractivity contribution < 1.29 is 0 Å². The maximum absolute atomic E-state index is 4.73. The fourth-order valence-electron chi connectivity index (χ4n) is 2.81. The quantitative estimate of drug-likeness (QED) is 0.756. The Labute approximate surface area is 96.7 Å². The molecule has 3 rings (SSSR count). The first-order valence-corrected chi connectivity index (χ1v) is 6.53. The molecule has 0 saturated carbocycles. The fraction of sp³-hybridized carbons (Fsp3) is 0.833. The van der Waals surface area contributed by atoms with Gasteiger partial charge in [-0.1, -0.05) is 6.92 Å². The molecule has 0 amide bonds. The van der Waals surface area contributed by atoms with Crippen LogP contribution in [0.3, 0.4) is 0 Å². The highest BCUT2D eigenvalue weighted by atomic mass is 15.4. The van der Waals surface area contributed by atoms with Crippen molar-refractivity contribution in [3.63, 3.8) is 0 Å². The number of likely N-dealkylation sites (tertiary alicyclic amines) is 1. The largest absolute Gasteiger partial charge is 0.303 e. The molecule has 2 aliphatic heterocycles. The van der Waals surface area contributed by atoms with E-state index in [0.717, 1.165) is 31.9 Å². The minimum absolute atomic E-state index is 0.582. The van der Waals surface area contributed by atoms with E-state index in [1.807, 2.05) is 0 Å². The molecule has 88 valence electrons. The van der Waals surface area contributed by atoms with Gasteiger partial charge in [0.2, 0.25) is 0 Å². The smallest absolute Gasteiger partial charge is 0.155 e. The van der Waals surface area contributed by atoms with Crippen LogP contribution in [0.25, 0.3) is 0 Å². The highest BCUT2D eigenvalue weighted by Gasteiger charge is 2.27. The summed E-state index contributed by atoms with van der Waals surface area (Å²) in [7, 11) is 0. The van der Waals surface area contributed by atoms with Gasteiger partial charge in [-0.2, -0.15) is 5.10 Å². The maximum atomic E-state index is 4.73. The van der Waals surface area contributed by atoms with E-state index in [9.17, 15) is 0 Å². The summed E-state index contributed by atoms with van der Waals surface area (Å²) in [6, 6.07) is 0. The second-order valence-electron chi connectivity index (χ2n) is 4.95. The lowest BCUT2D eigenvalue weighted by Crippen LogP contribution is -2.19. The summed E-state index contributed by atoms with van der Waals surface area (Å²) in [5.74, 6) is 2.90. The summed E-state index contributed by atoms with van der Waals surface area (Å²) in [6.07, 6.45) is 4.90. The molecular formula is C12H20N4. The molecule has 1 aromatic rings. The molecule has 16 heavy (non-hydrogen) atoms. The Kier molecular flexibility index (Phi) is 2.67. The van der Waals surface area contributed by atoms with Crippen LogP contribution in [0.1, 0.15) is 43.8 Å². The van der Waals surface area contributed by atoms with Crippen LogP contribution in [0.15, 0.2) is 0 Å². The highest BCUT2D eigenvalue weighted by molar-refractivity contribution is 5.04. The molecule has 0 aliphatic carbocycles. The van der Waals surface area contributed by atoms with E-state index in [1.54, 1.807) is 0 Å². The topological polar surface area (TPSA) is 34.0 Å². The predicted molar refractivity (Wildman–Crippen MR) is 62.4 cm³/mol. The van der Waals surface area contributed by atoms with Crippen molar-refractivity contribution in [2.75, 3.05) is 19.6 Å². The Balaban J connectivity index is 1.77. The SMILES string of the molecule is CCN1CCC(c2nc3n(n2)CCCC3)C1. The van der Waals surface area contributed by atoms with Gasteiger partial charge in [-0.25, -0.2) is 9.67 Å². The van der Waals surface area contributed by atoms with Gasteiger partial charge < -0.3 is 4.90 Å². The van der Waals surface area contributed by atoms with E-state index in [1.165, 1.54) is 31.6 Å². The summed E-state index contributed by atoms with van der Waals surface area (Å²) in [4.78, 5) is 7.22. The second kappa shape index (κ2) is 4.17. The second-order valence-corrected chi connectivity index (χ2v) is 4.95.